The van der Waals surface area contributed by atoms with Gasteiger partial charge in [-0.15, -0.1) is 0 Å². The van der Waals surface area contributed by atoms with Crippen molar-refractivity contribution in [1.29, 1.82) is 0 Å². The number of carbonyl (C=O) groups excluding carboxylic acids is 1. The minimum absolute atomic E-state index is 0.0301. The summed E-state index contributed by atoms with van der Waals surface area (Å²) in [4.78, 5) is 13.0. The molecule has 0 bridgehead atoms. The fraction of sp³-hybridized carbons (Fsp3) is 0.409. The first-order valence-electron chi connectivity index (χ1n) is 10.5. The van der Waals surface area contributed by atoms with Gasteiger partial charge < -0.3 is 5.32 Å². The van der Waals surface area contributed by atoms with Crippen LogP contribution >= 0.6 is 0 Å². The second-order valence-electron chi connectivity index (χ2n) is 7.14. The molecule has 0 aliphatic rings. The minimum atomic E-state index is -3.71. The Morgan fingerprint density at radius 1 is 0.812 bits per heavy atom. The Bertz CT molecular complexity index is 1170. The predicted octanol–water partition coefficient (Wildman–Crippen LogP) is 3.31. The molecule has 0 saturated carbocycles. The van der Waals surface area contributed by atoms with Crippen molar-refractivity contribution in [3.05, 3.63) is 53.6 Å². The number of carbonyl (C=O) groups is 1. The Morgan fingerprint density at radius 2 is 1.38 bits per heavy atom. The van der Waals surface area contributed by atoms with Crippen LogP contribution in [0.1, 0.15) is 43.6 Å². The molecule has 0 aromatic heterocycles. The van der Waals surface area contributed by atoms with Crippen LogP contribution in [0.15, 0.2) is 52.3 Å². The van der Waals surface area contributed by atoms with Gasteiger partial charge in [0, 0.05) is 37.4 Å². The van der Waals surface area contributed by atoms with E-state index in [1.54, 1.807) is 46.8 Å². The van der Waals surface area contributed by atoms with E-state index in [-0.39, 0.29) is 15.4 Å². The van der Waals surface area contributed by atoms with Gasteiger partial charge in [-0.05, 0) is 42.8 Å². The van der Waals surface area contributed by atoms with E-state index in [0.29, 0.717) is 37.4 Å². The average Bonchev–Trinajstić information content (AvgIpc) is 2.76. The van der Waals surface area contributed by atoms with Crippen molar-refractivity contribution in [2.75, 3.05) is 31.5 Å². The summed E-state index contributed by atoms with van der Waals surface area (Å²) in [5.74, 6) is -0.531. The molecule has 1 N–H and O–H groups in total. The van der Waals surface area contributed by atoms with Crippen molar-refractivity contribution < 1.29 is 21.6 Å². The monoisotopic (exact) mass is 481 g/mol. The highest BCUT2D eigenvalue weighted by Gasteiger charge is 2.25. The maximum atomic E-state index is 12.9. The molecule has 2 rings (SSSR count). The molecule has 0 fully saturated rings. The number of hydrogen-bond donors (Lipinski definition) is 1. The molecule has 0 aliphatic heterocycles. The normalized spacial score (nSPS) is 12.3. The Kier molecular flexibility index (Phi) is 8.58. The lowest BCUT2D eigenvalue weighted by Gasteiger charge is -2.20. The zero-order chi connectivity index (χ0) is 24.1. The van der Waals surface area contributed by atoms with Gasteiger partial charge in [0.1, 0.15) is 0 Å². The molecule has 0 unspecified atom stereocenters. The number of aryl methyl sites for hydroxylation is 1. The second kappa shape index (κ2) is 10.6. The Labute approximate surface area is 191 Å². The van der Waals surface area contributed by atoms with E-state index >= 15 is 0 Å². The lowest BCUT2D eigenvalue weighted by molar-refractivity contribution is 0.102. The largest absolute Gasteiger partial charge is 0.322 e. The van der Waals surface area contributed by atoms with Crippen LogP contribution < -0.4 is 5.32 Å². The Morgan fingerprint density at radius 3 is 1.94 bits per heavy atom. The number of nitrogens with one attached hydrogen (secondary N) is 1. The quantitative estimate of drug-likeness (QED) is 0.561. The summed E-state index contributed by atoms with van der Waals surface area (Å²) in [6, 6.07) is 10.5. The molecule has 0 atom stereocenters. The third-order valence-corrected chi connectivity index (χ3v) is 9.45. The number of nitrogens with zero attached hydrogens (tertiary/aromatic N) is 2. The zero-order valence-electron chi connectivity index (χ0n) is 19.1. The summed E-state index contributed by atoms with van der Waals surface area (Å²) in [6.45, 7) is 10.0. The average molecular weight is 482 g/mol. The zero-order valence-corrected chi connectivity index (χ0v) is 20.8. The fourth-order valence-corrected chi connectivity index (χ4v) is 6.59. The van der Waals surface area contributed by atoms with Gasteiger partial charge in [0.25, 0.3) is 5.91 Å². The molecular weight excluding hydrogens is 450 g/mol. The summed E-state index contributed by atoms with van der Waals surface area (Å²) in [5.41, 5.74) is 1.04. The standard InChI is InChI=1S/C22H31N3O5S2/c1-6-24(7-2)31(27,28)20-12-10-11-18(15-20)22(26)23-19-14-13-17(5)21(16-19)32(29,30)25(8-3)9-4/h10-16H,6-9H2,1-5H3,(H,23,26). The van der Waals surface area contributed by atoms with Crippen molar-refractivity contribution >= 4 is 31.6 Å². The van der Waals surface area contributed by atoms with Crippen LogP contribution in [0.25, 0.3) is 0 Å². The molecular formula is C22H31N3O5S2. The van der Waals surface area contributed by atoms with Gasteiger partial charge in [-0.3, -0.25) is 4.79 Å². The summed E-state index contributed by atoms with van der Waals surface area (Å²) in [6.07, 6.45) is 0. The van der Waals surface area contributed by atoms with Gasteiger partial charge in [-0.25, -0.2) is 16.8 Å². The molecule has 176 valence electrons. The first kappa shape index (κ1) is 26.0. The van der Waals surface area contributed by atoms with Crippen molar-refractivity contribution in [2.45, 2.75) is 44.4 Å². The van der Waals surface area contributed by atoms with Crippen molar-refractivity contribution in [3.63, 3.8) is 0 Å². The fourth-order valence-electron chi connectivity index (χ4n) is 3.37. The smallest absolute Gasteiger partial charge is 0.255 e. The van der Waals surface area contributed by atoms with Gasteiger partial charge in [0.05, 0.1) is 9.79 Å². The van der Waals surface area contributed by atoms with Crippen LogP contribution in [-0.2, 0) is 20.0 Å². The third-order valence-electron chi connectivity index (χ3n) is 5.21. The van der Waals surface area contributed by atoms with Gasteiger partial charge in [-0.1, -0.05) is 39.8 Å². The Hall–Kier alpha value is -2.27. The number of sulfonamides is 2. The Balaban J connectivity index is 2.37. The van der Waals surface area contributed by atoms with E-state index in [1.165, 1.54) is 38.9 Å². The van der Waals surface area contributed by atoms with Crippen LogP contribution in [0.2, 0.25) is 0 Å². The molecule has 10 heteroatoms. The first-order chi connectivity index (χ1) is 15.0. The van der Waals surface area contributed by atoms with E-state index in [1.807, 2.05) is 0 Å². The molecule has 2 aromatic rings. The van der Waals surface area contributed by atoms with Gasteiger partial charge in [0.2, 0.25) is 20.0 Å². The highest BCUT2D eigenvalue weighted by Crippen LogP contribution is 2.24. The number of anilines is 1. The molecule has 32 heavy (non-hydrogen) atoms. The van der Waals surface area contributed by atoms with Crippen molar-refractivity contribution in [3.8, 4) is 0 Å². The third kappa shape index (κ3) is 5.37. The molecule has 1 amide bonds. The molecule has 8 nitrogen and oxygen atoms in total. The number of rotatable bonds is 10. The summed E-state index contributed by atoms with van der Waals surface area (Å²) < 4.78 is 54.1. The molecule has 0 spiro atoms. The lowest BCUT2D eigenvalue weighted by atomic mass is 10.2. The van der Waals surface area contributed by atoms with E-state index < -0.39 is 26.0 Å². The molecule has 0 radical (unpaired) electrons. The summed E-state index contributed by atoms with van der Waals surface area (Å²) >= 11 is 0. The summed E-state index contributed by atoms with van der Waals surface area (Å²) in [5, 5.41) is 2.68. The predicted molar refractivity (Wildman–Crippen MR) is 126 cm³/mol. The maximum absolute atomic E-state index is 12.9. The first-order valence-corrected chi connectivity index (χ1v) is 13.4. The van der Waals surface area contributed by atoms with Crippen LogP contribution in [-0.4, -0.2) is 57.5 Å². The van der Waals surface area contributed by atoms with Crippen LogP contribution in [0, 0.1) is 6.92 Å². The lowest BCUT2D eigenvalue weighted by Crippen LogP contribution is -2.31. The molecule has 0 heterocycles. The van der Waals surface area contributed by atoms with E-state index in [2.05, 4.69) is 5.32 Å². The molecule has 0 aliphatic carbocycles. The van der Waals surface area contributed by atoms with E-state index in [0.717, 1.165) is 0 Å². The van der Waals surface area contributed by atoms with Crippen molar-refractivity contribution in [2.24, 2.45) is 0 Å². The molecule has 2 aromatic carbocycles. The van der Waals surface area contributed by atoms with Gasteiger partial charge in [0.15, 0.2) is 0 Å². The number of hydrogen-bond acceptors (Lipinski definition) is 5. The topological polar surface area (TPSA) is 104 Å². The van der Waals surface area contributed by atoms with E-state index in [4.69, 9.17) is 0 Å². The van der Waals surface area contributed by atoms with Crippen LogP contribution in [0.3, 0.4) is 0 Å². The van der Waals surface area contributed by atoms with Crippen LogP contribution in [0.5, 0.6) is 0 Å². The highest BCUT2D eigenvalue weighted by molar-refractivity contribution is 7.89. The summed E-state index contributed by atoms with van der Waals surface area (Å²) in [7, 11) is -7.41. The maximum Gasteiger partial charge on any atom is 0.255 e. The van der Waals surface area contributed by atoms with Crippen LogP contribution in [0.4, 0.5) is 5.69 Å². The second-order valence-corrected chi connectivity index (χ2v) is 11.0. The highest BCUT2D eigenvalue weighted by atomic mass is 32.2. The molecule has 0 saturated heterocycles. The SMILES string of the molecule is CCN(CC)S(=O)(=O)c1cccc(C(=O)Nc2ccc(C)c(S(=O)(=O)N(CC)CC)c2)c1. The number of amides is 1. The van der Waals surface area contributed by atoms with Crippen molar-refractivity contribution in [1.82, 2.24) is 8.61 Å². The van der Waals surface area contributed by atoms with E-state index in [9.17, 15) is 21.6 Å². The minimum Gasteiger partial charge on any atom is -0.322 e. The number of benzene rings is 2. The van der Waals surface area contributed by atoms with Gasteiger partial charge >= 0.3 is 0 Å². The van der Waals surface area contributed by atoms with Gasteiger partial charge in [-0.2, -0.15) is 8.61 Å².